The van der Waals surface area contributed by atoms with Gasteiger partial charge >= 0.3 is 0 Å². The lowest BCUT2D eigenvalue weighted by Crippen LogP contribution is -2.51. The van der Waals surface area contributed by atoms with Gasteiger partial charge in [-0.2, -0.15) is 0 Å². The summed E-state index contributed by atoms with van der Waals surface area (Å²) in [5.74, 6) is -0.906. The van der Waals surface area contributed by atoms with Gasteiger partial charge in [-0.05, 0) is 73.0 Å². The fourth-order valence-electron chi connectivity index (χ4n) is 4.66. The zero-order valence-electron chi connectivity index (χ0n) is 25.6. The van der Waals surface area contributed by atoms with E-state index >= 15 is 0 Å². The minimum Gasteiger partial charge on any atom is -0.484 e. The van der Waals surface area contributed by atoms with Crippen molar-refractivity contribution in [3.8, 4) is 5.75 Å². The molecule has 0 radical (unpaired) electrons. The molecule has 11 heteroatoms. The number of hydrogen-bond donors (Lipinski definition) is 2. The van der Waals surface area contributed by atoms with E-state index in [1.54, 1.807) is 0 Å². The highest BCUT2D eigenvalue weighted by molar-refractivity contribution is 7.92. The number of hydrogen-bond acceptors (Lipinski definition) is 6. The largest absolute Gasteiger partial charge is 0.484 e. The molecule has 0 aromatic heterocycles. The molecular formula is C35H38FN3O6S. The molecule has 242 valence electrons. The van der Waals surface area contributed by atoms with Crippen LogP contribution in [0.4, 0.5) is 10.1 Å². The molecule has 0 heterocycles. The smallest absolute Gasteiger partial charge is 0.261 e. The number of sulfonamides is 1. The van der Waals surface area contributed by atoms with E-state index in [-0.39, 0.29) is 35.4 Å². The van der Waals surface area contributed by atoms with Crippen LogP contribution in [0, 0.1) is 5.82 Å². The van der Waals surface area contributed by atoms with Crippen LogP contribution >= 0.6 is 0 Å². The third kappa shape index (κ3) is 10.4. The van der Waals surface area contributed by atoms with E-state index in [1.807, 2.05) is 67.6 Å². The highest BCUT2D eigenvalue weighted by Gasteiger charge is 2.30. The van der Waals surface area contributed by atoms with Crippen LogP contribution in [-0.4, -0.2) is 57.5 Å². The first-order chi connectivity index (χ1) is 22.2. The predicted molar refractivity (Wildman–Crippen MR) is 174 cm³/mol. The molecule has 0 unspecified atom stereocenters. The fourth-order valence-corrected chi connectivity index (χ4v) is 5.72. The molecule has 4 aromatic rings. The third-order valence-corrected chi connectivity index (χ3v) is 8.43. The Morgan fingerprint density at radius 2 is 1.48 bits per heavy atom. The van der Waals surface area contributed by atoms with Gasteiger partial charge in [0.25, 0.3) is 15.9 Å². The second-order valence-corrected chi connectivity index (χ2v) is 12.1. The number of amides is 2. The fraction of sp³-hybridized carbons (Fsp3) is 0.257. The molecule has 0 aliphatic heterocycles. The minimum absolute atomic E-state index is 0.0369. The van der Waals surface area contributed by atoms with Crippen molar-refractivity contribution in [3.63, 3.8) is 0 Å². The van der Waals surface area contributed by atoms with E-state index in [1.165, 1.54) is 41.3 Å². The maximum atomic E-state index is 13.8. The molecule has 9 nitrogen and oxygen atoms in total. The molecule has 4 rings (SSSR count). The Morgan fingerprint density at radius 1 is 0.848 bits per heavy atom. The maximum absolute atomic E-state index is 13.8. The van der Waals surface area contributed by atoms with E-state index in [0.717, 1.165) is 23.3 Å². The lowest BCUT2D eigenvalue weighted by atomic mass is 10.0. The van der Waals surface area contributed by atoms with E-state index in [2.05, 4.69) is 10.0 Å². The molecule has 1 atom stereocenters. The van der Waals surface area contributed by atoms with Gasteiger partial charge in [0.1, 0.15) is 17.6 Å². The number of rotatable bonds is 17. The van der Waals surface area contributed by atoms with Gasteiger partial charge in [0, 0.05) is 38.4 Å². The SMILES string of the molecule is CCOCCCNC(=O)[C@@H](Cc1ccccc1)N(Cc1ccccc1)C(=O)COc1ccc(S(=O)(=O)Nc2ccc(F)cc2)cc1. The standard InChI is InChI=1S/C35H38FN3O6S/c1-2-44-23-9-22-37-35(41)33(24-27-10-5-3-6-11-27)39(25-28-12-7-4-8-13-28)34(40)26-45-31-18-20-32(21-19-31)46(42,43)38-30-16-14-29(36)15-17-30/h3-8,10-21,33,38H,2,9,22-26H2,1H3,(H,37,41)/t33-/m1/s1. The first kappa shape index (κ1) is 34.1. The van der Waals surface area contributed by atoms with Crippen LogP contribution in [0.3, 0.4) is 0 Å². The summed E-state index contributed by atoms with van der Waals surface area (Å²) in [7, 11) is -3.94. The van der Waals surface area contributed by atoms with Gasteiger partial charge in [-0.3, -0.25) is 14.3 Å². The quantitative estimate of drug-likeness (QED) is 0.153. The van der Waals surface area contributed by atoms with E-state index in [4.69, 9.17) is 9.47 Å². The molecule has 0 aliphatic rings. The topological polar surface area (TPSA) is 114 Å². The second kappa shape index (κ2) is 17.1. The zero-order valence-corrected chi connectivity index (χ0v) is 26.4. The van der Waals surface area contributed by atoms with Crippen LogP contribution in [-0.2, 0) is 37.3 Å². The summed E-state index contributed by atoms with van der Waals surface area (Å²) >= 11 is 0. The molecule has 0 fully saturated rings. The average molecular weight is 648 g/mol. The lowest BCUT2D eigenvalue weighted by Gasteiger charge is -2.31. The van der Waals surface area contributed by atoms with Crippen molar-refractivity contribution < 1.29 is 31.9 Å². The average Bonchev–Trinajstić information content (AvgIpc) is 3.07. The maximum Gasteiger partial charge on any atom is 0.261 e. The predicted octanol–water partition coefficient (Wildman–Crippen LogP) is 5.19. The molecule has 0 saturated heterocycles. The summed E-state index contributed by atoms with van der Waals surface area (Å²) in [6.07, 6.45) is 0.933. The van der Waals surface area contributed by atoms with Gasteiger partial charge in [0.2, 0.25) is 5.91 Å². The highest BCUT2D eigenvalue weighted by Crippen LogP contribution is 2.21. The molecule has 2 N–H and O–H groups in total. The Balaban J connectivity index is 1.49. The number of halogens is 1. The molecule has 0 saturated carbocycles. The number of anilines is 1. The summed E-state index contributed by atoms with van der Waals surface area (Å²) in [5, 5.41) is 2.96. The van der Waals surface area contributed by atoms with E-state index in [0.29, 0.717) is 32.6 Å². The summed E-state index contributed by atoms with van der Waals surface area (Å²) in [6.45, 7) is 3.22. The van der Waals surface area contributed by atoms with Crippen LogP contribution < -0.4 is 14.8 Å². The highest BCUT2D eigenvalue weighted by atomic mass is 32.2. The molecule has 0 bridgehead atoms. The Hall–Kier alpha value is -4.74. The van der Waals surface area contributed by atoms with Crippen molar-refractivity contribution in [1.29, 1.82) is 0 Å². The molecule has 2 amide bonds. The third-order valence-electron chi connectivity index (χ3n) is 7.03. The molecule has 46 heavy (non-hydrogen) atoms. The van der Waals surface area contributed by atoms with Gasteiger partial charge in [0.05, 0.1) is 4.90 Å². The number of nitrogens with one attached hydrogen (secondary N) is 2. The van der Waals surface area contributed by atoms with Crippen LogP contribution in [0.1, 0.15) is 24.5 Å². The van der Waals surface area contributed by atoms with Crippen molar-refractivity contribution in [3.05, 3.63) is 126 Å². The molecule has 0 aliphatic carbocycles. The minimum atomic E-state index is -3.94. The van der Waals surface area contributed by atoms with Gasteiger partial charge in [-0.15, -0.1) is 0 Å². The number of ether oxygens (including phenoxy) is 2. The van der Waals surface area contributed by atoms with Crippen molar-refractivity contribution in [2.75, 3.05) is 31.1 Å². The van der Waals surface area contributed by atoms with Crippen molar-refractivity contribution in [1.82, 2.24) is 10.2 Å². The van der Waals surface area contributed by atoms with E-state index in [9.17, 15) is 22.4 Å². The van der Waals surface area contributed by atoms with E-state index < -0.39 is 27.8 Å². The van der Waals surface area contributed by atoms with Crippen LogP contribution in [0.15, 0.2) is 114 Å². The van der Waals surface area contributed by atoms with Crippen LogP contribution in [0.5, 0.6) is 5.75 Å². The second-order valence-electron chi connectivity index (χ2n) is 10.4. The summed E-state index contributed by atoms with van der Waals surface area (Å²) < 4.78 is 52.4. The van der Waals surface area contributed by atoms with Gasteiger partial charge in [0.15, 0.2) is 6.61 Å². The first-order valence-electron chi connectivity index (χ1n) is 15.0. The van der Waals surface area contributed by atoms with Gasteiger partial charge in [-0.1, -0.05) is 60.7 Å². The number of benzene rings is 4. The lowest BCUT2D eigenvalue weighted by molar-refractivity contribution is -0.142. The number of nitrogens with zero attached hydrogens (tertiary/aromatic N) is 1. The summed E-state index contributed by atoms with van der Waals surface area (Å²) in [4.78, 5) is 28.9. The summed E-state index contributed by atoms with van der Waals surface area (Å²) in [5.41, 5.74) is 1.96. The Morgan fingerprint density at radius 3 is 2.11 bits per heavy atom. The Kier molecular flexibility index (Phi) is 12.7. The molecule has 0 spiro atoms. The van der Waals surface area contributed by atoms with Gasteiger partial charge < -0.3 is 19.7 Å². The van der Waals surface area contributed by atoms with Crippen molar-refractivity contribution in [2.45, 2.75) is 37.2 Å². The summed E-state index contributed by atoms with van der Waals surface area (Å²) in [6, 6.07) is 28.6. The monoisotopic (exact) mass is 647 g/mol. The van der Waals surface area contributed by atoms with Crippen molar-refractivity contribution in [2.24, 2.45) is 0 Å². The van der Waals surface area contributed by atoms with Crippen LogP contribution in [0.2, 0.25) is 0 Å². The normalized spacial score (nSPS) is 11.8. The molecular weight excluding hydrogens is 609 g/mol. The van der Waals surface area contributed by atoms with Gasteiger partial charge in [-0.25, -0.2) is 12.8 Å². The number of carbonyl (C=O) groups is 2. The zero-order chi connectivity index (χ0) is 32.8. The Bertz CT molecular complexity index is 1640. The Labute approximate surface area is 269 Å². The van der Waals surface area contributed by atoms with Crippen molar-refractivity contribution >= 4 is 27.5 Å². The molecule has 4 aromatic carbocycles. The first-order valence-corrected chi connectivity index (χ1v) is 16.5. The van der Waals surface area contributed by atoms with Crippen LogP contribution in [0.25, 0.3) is 0 Å². The number of carbonyl (C=O) groups excluding carboxylic acids is 2.